The van der Waals surface area contributed by atoms with E-state index in [0.29, 0.717) is 13.1 Å². The quantitative estimate of drug-likeness (QED) is 0.676. The molecule has 1 aliphatic rings. The zero-order valence-corrected chi connectivity index (χ0v) is 12.0. The van der Waals surface area contributed by atoms with Gasteiger partial charge in [0, 0.05) is 26.2 Å². The standard InChI is InChI=1S/C12H17N3O4S/c1-13-11-9-10(5-6-12(11)15(16)17)20(18,19)14-7-3-2-4-8-14/h5-6,9,13H,2-4,7-8H2,1H3. The van der Waals surface area contributed by atoms with Crippen molar-refractivity contribution in [2.45, 2.75) is 24.2 Å². The maximum absolute atomic E-state index is 12.5. The summed E-state index contributed by atoms with van der Waals surface area (Å²) >= 11 is 0. The lowest BCUT2D eigenvalue weighted by atomic mass is 10.2. The van der Waals surface area contributed by atoms with Gasteiger partial charge in [0.1, 0.15) is 5.69 Å². The predicted molar refractivity (Wildman–Crippen MR) is 75.3 cm³/mol. The van der Waals surface area contributed by atoms with E-state index in [1.807, 2.05) is 0 Å². The lowest BCUT2D eigenvalue weighted by Crippen LogP contribution is -2.35. The van der Waals surface area contributed by atoms with E-state index in [9.17, 15) is 18.5 Å². The average molecular weight is 299 g/mol. The second-order valence-corrected chi connectivity index (χ2v) is 6.59. The fourth-order valence-corrected chi connectivity index (χ4v) is 3.83. The van der Waals surface area contributed by atoms with Crippen molar-refractivity contribution in [2.75, 3.05) is 25.5 Å². The van der Waals surface area contributed by atoms with Crippen LogP contribution in [-0.4, -0.2) is 37.8 Å². The van der Waals surface area contributed by atoms with Crippen molar-refractivity contribution in [1.29, 1.82) is 0 Å². The van der Waals surface area contributed by atoms with Gasteiger partial charge in [0.2, 0.25) is 10.0 Å². The van der Waals surface area contributed by atoms with E-state index in [0.717, 1.165) is 19.3 Å². The highest BCUT2D eigenvalue weighted by Crippen LogP contribution is 2.29. The number of rotatable bonds is 4. The Morgan fingerprint density at radius 2 is 1.90 bits per heavy atom. The van der Waals surface area contributed by atoms with Crippen LogP contribution < -0.4 is 5.32 Å². The van der Waals surface area contributed by atoms with Crippen LogP contribution in [0.5, 0.6) is 0 Å². The lowest BCUT2D eigenvalue weighted by molar-refractivity contribution is -0.384. The van der Waals surface area contributed by atoms with Crippen LogP contribution >= 0.6 is 0 Å². The molecule has 110 valence electrons. The fourth-order valence-electron chi connectivity index (χ4n) is 2.29. The van der Waals surface area contributed by atoms with Gasteiger partial charge < -0.3 is 5.32 Å². The molecule has 1 fully saturated rings. The van der Waals surface area contributed by atoms with E-state index in [-0.39, 0.29) is 16.3 Å². The Morgan fingerprint density at radius 3 is 2.45 bits per heavy atom. The van der Waals surface area contributed by atoms with Crippen molar-refractivity contribution in [2.24, 2.45) is 0 Å². The molecule has 0 unspecified atom stereocenters. The molecule has 1 N–H and O–H groups in total. The van der Waals surface area contributed by atoms with Gasteiger partial charge in [-0.25, -0.2) is 8.42 Å². The van der Waals surface area contributed by atoms with Gasteiger partial charge in [-0.2, -0.15) is 4.31 Å². The van der Waals surface area contributed by atoms with E-state index in [1.54, 1.807) is 0 Å². The van der Waals surface area contributed by atoms with Crippen LogP contribution in [0.4, 0.5) is 11.4 Å². The third-order valence-electron chi connectivity index (χ3n) is 3.39. The molecule has 20 heavy (non-hydrogen) atoms. The lowest BCUT2D eigenvalue weighted by Gasteiger charge is -2.26. The van der Waals surface area contributed by atoms with Gasteiger partial charge in [-0.05, 0) is 25.0 Å². The van der Waals surface area contributed by atoms with E-state index in [4.69, 9.17) is 0 Å². The number of nitro groups is 1. The Morgan fingerprint density at radius 1 is 1.25 bits per heavy atom. The summed E-state index contributed by atoms with van der Waals surface area (Å²) < 4.78 is 26.4. The number of nitrogens with one attached hydrogen (secondary N) is 1. The second-order valence-electron chi connectivity index (χ2n) is 4.65. The van der Waals surface area contributed by atoms with Crippen LogP contribution in [0.2, 0.25) is 0 Å². The molecule has 8 heteroatoms. The summed E-state index contributed by atoms with van der Waals surface area (Å²) in [5.74, 6) is 0. The molecule has 1 aromatic rings. The van der Waals surface area contributed by atoms with Gasteiger partial charge in [-0.15, -0.1) is 0 Å². The van der Waals surface area contributed by atoms with Gasteiger partial charge >= 0.3 is 0 Å². The zero-order valence-electron chi connectivity index (χ0n) is 11.2. The predicted octanol–water partition coefficient (Wildman–Crippen LogP) is 1.81. The summed E-state index contributed by atoms with van der Waals surface area (Å²) in [7, 11) is -2.04. The zero-order chi connectivity index (χ0) is 14.8. The van der Waals surface area contributed by atoms with Gasteiger partial charge in [0.15, 0.2) is 0 Å². The van der Waals surface area contributed by atoms with Crippen molar-refractivity contribution >= 4 is 21.4 Å². The number of hydrogen-bond acceptors (Lipinski definition) is 5. The molecule has 0 atom stereocenters. The van der Waals surface area contributed by atoms with Crippen LogP contribution in [0.1, 0.15) is 19.3 Å². The summed E-state index contributed by atoms with van der Waals surface area (Å²) in [5, 5.41) is 13.5. The van der Waals surface area contributed by atoms with Crippen molar-refractivity contribution in [1.82, 2.24) is 4.31 Å². The van der Waals surface area contributed by atoms with Crippen LogP contribution in [0.15, 0.2) is 23.1 Å². The first-order valence-corrected chi connectivity index (χ1v) is 7.87. The third kappa shape index (κ3) is 2.75. The first-order chi connectivity index (χ1) is 9.46. The van der Waals surface area contributed by atoms with Crippen molar-refractivity contribution < 1.29 is 13.3 Å². The number of sulfonamides is 1. The van der Waals surface area contributed by atoms with Gasteiger partial charge in [0.05, 0.1) is 9.82 Å². The summed E-state index contributed by atoms with van der Waals surface area (Å²) in [6, 6.07) is 3.84. The number of piperidine rings is 1. The summed E-state index contributed by atoms with van der Waals surface area (Å²) in [6.07, 6.45) is 2.74. The fraction of sp³-hybridized carbons (Fsp3) is 0.500. The molecule has 1 aliphatic heterocycles. The molecular formula is C12H17N3O4S. The van der Waals surface area contributed by atoms with Crippen molar-refractivity contribution in [3.63, 3.8) is 0 Å². The molecule has 0 saturated carbocycles. The van der Waals surface area contributed by atoms with Crippen LogP contribution in [-0.2, 0) is 10.0 Å². The van der Waals surface area contributed by atoms with Crippen LogP contribution in [0, 0.1) is 10.1 Å². The Labute approximate surface area is 117 Å². The molecule has 7 nitrogen and oxygen atoms in total. The van der Waals surface area contributed by atoms with Crippen molar-refractivity contribution in [3.8, 4) is 0 Å². The summed E-state index contributed by atoms with van der Waals surface area (Å²) in [4.78, 5) is 10.4. The molecule has 1 heterocycles. The molecular weight excluding hydrogens is 282 g/mol. The number of nitrogens with zero attached hydrogens (tertiary/aromatic N) is 2. The van der Waals surface area contributed by atoms with Crippen LogP contribution in [0.3, 0.4) is 0 Å². The van der Waals surface area contributed by atoms with E-state index < -0.39 is 14.9 Å². The smallest absolute Gasteiger partial charge is 0.292 e. The molecule has 1 saturated heterocycles. The molecule has 0 bridgehead atoms. The SMILES string of the molecule is CNc1cc(S(=O)(=O)N2CCCCC2)ccc1[N+](=O)[O-]. The molecule has 0 spiro atoms. The molecule has 0 radical (unpaired) electrons. The topological polar surface area (TPSA) is 92.6 Å². The highest BCUT2D eigenvalue weighted by Gasteiger charge is 2.27. The number of anilines is 1. The molecule has 0 aliphatic carbocycles. The van der Waals surface area contributed by atoms with Gasteiger partial charge in [-0.3, -0.25) is 10.1 Å². The Hall–Kier alpha value is -1.67. The largest absolute Gasteiger partial charge is 0.383 e. The molecule has 0 aromatic heterocycles. The Bertz CT molecular complexity index is 609. The summed E-state index contributed by atoms with van der Waals surface area (Å²) in [5.41, 5.74) is 0.0678. The highest BCUT2D eigenvalue weighted by molar-refractivity contribution is 7.89. The number of benzene rings is 1. The number of nitro benzene ring substituents is 1. The minimum absolute atomic E-state index is 0.0920. The highest BCUT2D eigenvalue weighted by atomic mass is 32.2. The maximum Gasteiger partial charge on any atom is 0.292 e. The average Bonchev–Trinajstić information content (AvgIpc) is 2.47. The molecule has 0 amide bonds. The first kappa shape index (κ1) is 14.7. The van der Waals surface area contributed by atoms with Crippen LogP contribution in [0.25, 0.3) is 0 Å². The van der Waals surface area contributed by atoms with E-state index >= 15 is 0 Å². The van der Waals surface area contributed by atoms with Crippen molar-refractivity contribution in [3.05, 3.63) is 28.3 Å². The Kier molecular flexibility index (Phi) is 4.24. The maximum atomic E-state index is 12.5. The first-order valence-electron chi connectivity index (χ1n) is 6.43. The normalized spacial score (nSPS) is 16.9. The van der Waals surface area contributed by atoms with E-state index in [1.165, 1.54) is 29.6 Å². The second kappa shape index (κ2) is 5.76. The monoisotopic (exact) mass is 299 g/mol. The minimum atomic E-state index is -3.57. The number of hydrogen-bond donors (Lipinski definition) is 1. The third-order valence-corrected chi connectivity index (χ3v) is 5.28. The Balaban J connectivity index is 2.39. The van der Waals surface area contributed by atoms with E-state index in [2.05, 4.69) is 5.32 Å². The molecule has 2 rings (SSSR count). The van der Waals surface area contributed by atoms with Gasteiger partial charge in [-0.1, -0.05) is 6.42 Å². The van der Waals surface area contributed by atoms with Gasteiger partial charge in [0.25, 0.3) is 5.69 Å². The minimum Gasteiger partial charge on any atom is -0.383 e. The summed E-state index contributed by atoms with van der Waals surface area (Å²) in [6.45, 7) is 1.02. The molecule has 1 aromatic carbocycles.